The Balaban J connectivity index is 1.45. The summed E-state index contributed by atoms with van der Waals surface area (Å²) in [5.74, 6) is 0.613. The molecule has 0 unspecified atom stereocenters. The molecular formula is C20H17N3O2S. The van der Waals surface area contributed by atoms with Crippen LogP contribution < -0.4 is 10.1 Å². The summed E-state index contributed by atoms with van der Waals surface area (Å²) in [7, 11) is 1.63. The molecule has 0 aliphatic heterocycles. The van der Waals surface area contributed by atoms with E-state index >= 15 is 0 Å². The number of amides is 1. The molecule has 4 aromatic rings. The minimum atomic E-state index is -0.181. The summed E-state index contributed by atoms with van der Waals surface area (Å²) in [5, 5.41) is 6.61. The number of aromatic amines is 1. The van der Waals surface area contributed by atoms with Crippen molar-refractivity contribution in [3.8, 4) is 16.5 Å². The first kappa shape index (κ1) is 16.4. The molecule has 0 saturated heterocycles. The first-order valence-electron chi connectivity index (χ1n) is 8.18. The average Bonchev–Trinajstić information content (AvgIpc) is 3.33. The van der Waals surface area contributed by atoms with E-state index in [9.17, 15) is 4.79 Å². The fourth-order valence-electron chi connectivity index (χ4n) is 2.71. The SMILES string of the molecule is COc1ccc(CNC(=O)c2csc(-c3cc4ccccc4[nH]3)n2)cc1. The minimum Gasteiger partial charge on any atom is -0.497 e. The number of fused-ring (bicyclic) bond motifs is 1. The molecule has 0 aliphatic rings. The number of hydrogen-bond donors (Lipinski definition) is 2. The van der Waals surface area contributed by atoms with E-state index in [0.29, 0.717) is 12.2 Å². The van der Waals surface area contributed by atoms with Crippen molar-refractivity contribution in [2.45, 2.75) is 6.54 Å². The Morgan fingerprint density at radius 1 is 1.19 bits per heavy atom. The number of hydrogen-bond acceptors (Lipinski definition) is 4. The van der Waals surface area contributed by atoms with Gasteiger partial charge in [0.25, 0.3) is 5.91 Å². The number of carbonyl (C=O) groups is 1. The predicted octanol–water partition coefficient (Wildman–Crippen LogP) is 4.23. The quantitative estimate of drug-likeness (QED) is 0.558. The third-order valence-corrected chi connectivity index (χ3v) is 4.98. The second kappa shape index (κ2) is 7.01. The highest BCUT2D eigenvalue weighted by Gasteiger charge is 2.13. The third-order valence-electron chi connectivity index (χ3n) is 4.11. The number of benzene rings is 2. The van der Waals surface area contributed by atoms with Gasteiger partial charge >= 0.3 is 0 Å². The first-order chi connectivity index (χ1) is 12.7. The van der Waals surface area contributed by atoms with E-state index in [-0.39, 0.29) is 5.91 Å². The van der Waals surface area contributed by atoms with Gasteiger partial charge in [0.15, 0.2) is 0 Å². The molecule has 6 heteroatoms. The molecule has 2 aromatic heterocycles. The van der Waals surface area contributed by atoms with Gasteiger partial charge in [0, 0.05) is 22.8 Å². The number of methoxy groups -OCH3 is 1. The molecule has 130 valence electrons. The number of H-pyrrole nitrogens is 1. The molecule has 0 spiro atoms. The summed E-state index contributed by atoms with van der Waals surface area (Å²) in [5.41, 5.74) is 3.41. The normalized spacial score (nSPS) is 10.8. The number of thiazole rings is 1. The topological polar surface area (TPSA) is 67.0 Å². The van der Waals surface area contributed by atoms with Gasteiger partial charge in [0.1, 0.15) is 16.5 Å². The second-order valence-corrected chi connectivity index (χ2v) is 6.70. The van der Waals surface area contributed by atoms with Gasteiger partial charge in [-0.05, 0) is 29.8 Å². The van der Waals surface area contributed by atoms with Crippen molar-refractivity contribution in [2.24, 2.45) is 0 Å². The molecule has 5 nitrogen and oxygen atoms in total. The molecule has 0 bridgehead atoms. The Bertz CT molecular complexity index is 1020. The molecular weight excluding hydrogens is 346 g/mol. The maximum absolute atomic E-state index is 12.4. The lowest BCUT2D eigenvalue weighted by Gasteiger charge is -2.04. The van der Waals surface area contributed by atoms with Crippen molar-refractivity contribution in [2.75, 3.05) is 7.11 Å². The summed E-state index contributed by atoms with van der Waals surface area (Å²) in [6.45, 7) is 0.447. The zero-order valence-corrected chi connectivity index (χ0v) is 15.0. The first-order valence-corrected chi connectivity index (χ1v) is 9.06. The third kappa shape index (κ3) is 3.32. The van der Waals surface area contributed by atoms with Crippen molar-refractivity contribution < 1.29 is 9.53 Å². The van der Waals surface area contributed by atoms with Crippen LogP contribution in [0.5, 0.6) is 5.75 Å². The molecule has 2 aromatic carbocycles. The van der Waals surface area contributed by atoms with Gasteiger partial charge in [-0.3, -0.25) is 4.79 Å². The van der Waals surface area contributed by atoms with E-state index in [4.69, 9.17) is 4.74 Å². The zero-order valence-electron chi connectivity index (χ0n) is 14.2. The molecule has 0 radical (unpaired) electrons. The van der Waals surface area contributed by atoms with Crippen LogP contribution in [0.4, 0.5) is 0 Å². The van der Waals surface area contributed by atoms with Crippen LogP contribution in [0, 0.1) is 0 Å². The van der Waals surface area contributed by atoms with Crippen molar-refractivity contribution in [1.82, 2.24) is 15.3 Å². The van der Waals surface area contributed by atoms with Crippen LogP contribution in [0.3, 0.4) is 0 Å². The van der Waals surface area contributed by atoms with E-state index in [2.05, 4.69) is 15.3 Å². The zero-order chi connectivity index (χ0) is 17.9. The van der Waals surface area contributed by atoms with E-state index in [1.807, 2.05) is 54.6 Å². The predicted molar refractivity (Wildman–Crippen MR) is 104 cm³/mol. The lowest BCUT2D eigenvalue weighted by atomic mass is 10.2. The van der Waals surface area contributed by atoms with Gasteiger partial charge in [-0.25, -0.2) is 4.98 Å². The smallest absolute Gasteiger partial charge is 0.271 e. The lowest BCUT2D eigenvalue weighted by molar-refractivity contribution is 0.0946. The van der Waals surface area contributed by atoms with Crippen LogP contribution in [-0.2, 0) is 6.54 Å². The fourth-order valence-corrected chi connectivity index (χ4v) is 3.48. The number of nitrogens with zero attached hydrogens (tertiary/aromatic N) is 1. The van der Waals surface area contributed by atoms with Crippen LogP contribution in [-0.4, -0.2) is 23.0 Å². The van der Waals surface area contributed by atoms with Gasteiger partial charge in [0.05, 0.1) is 12.8 Å². The summed E-state index contributed by atoms with van der Waals surface area (Å²) in [6, 6.07) is 17.7. The van der Waals surface area contributed by atoms with Crippen molar-refractivity contribution in [3.63, 3.8) is 0 Å². The molecule has 2 N–H and O–H groups in total. The second-order valence-electron chi connectivity index (χ2n) is 5.84. The van der Waals surface area contributed by atoms with E-state index in [1.165, 1.54) is 11.3 Å². The highest BCUT2D eigenvalue weighted by Crippen LogP contribution is 2.26. The van der Waals surface area contributed by atoms with Crippen LogP contribution in [0.2, 0.25) is 0 Å². The molecule has 0 aliphatic carbocycles. The van der Waals surface area contributed by atoms with Crippen molar-refractivity contribution in [3.05, 3.63) is 71.2 Å². The molecule has 2 heterocycles. The average molecular weight is 363 g/mol. The summed E-state index contributed by atoms with van der Waals surface area (Å²) in [4.78, 5) is 20.2. The van der Waals surface area contributed by atoms with Gasteiger partial charge in [-0.15, -0.1) is 11.3 Å². The maximum atomic E-state index is 12.4. The molecule has 0 atom stereocenters. The van der Waals surface area contributed by atoms with Crippen LogP contribution in [0.1, 0.15) is 16.1 Å². The Kier molecular flexibility index (Phi) is 4.41. The monoisotopic (exact) mass is 363 g/mol. The lowest BCUT2D eigenvalue weighted by Crippen LogP contribution is -2.23. The molecule has 0 fully saturated rings. The van der Waals surface area contributed by atoms with E-state index in [1.54, 1.807) is 12.5 Å². The molecule has 1 amide bonds. The number of ether oxygens (including phenoxy) is 1. The number of para-hydroxylation sites is 1. The van der Waals surface area contributed by atoms with Gasteiger partial charge in [-0.1, -0.05) is 30.3 Å². The minimum absolute atomic E-state index is 0.181. The summed E-state index contributed by atoms with van der Waals surface area (Å²) in [6.07, 6.45) is 0. The Hall–Kier alpha value is -3.12. The Morgan fingerprint density at radius 3 is 2.77 bits per heavy atom. The maximum Gasteiger partial charge on any atom is 0.271 e. The highest BCUT2D eigenvalue weighted by molar-refractivity contribution is 7.13. The van der Waals surface area contributed by atoms with Crippen LogP contribution in [0.25, 0.3) is 21.6 Å². The van der Waals surface area contributed by atoms with E-state index < -0.39 is 0 Å². The molecule has 26 heavy (non-hydrogen) atoms. The summed E-state index contributed by atoms with van der Waals surface area (Å²) < 4.78 is 5.13. The number of carbonyl (C=O) groups excluding carboxylic acids is 1. The Morgan fingerprint density at radius 2 is 2.00 bits per heavy atom. The van der Waals surface area contributed by atoms with Gasteiger partial charge < -0.3 is 15.0 Å². The van der Waals surface area contributed by atoms with Crippen molar-refractivity contribution >= 4 is 28.1 Å². The number of rotatable bonds is 5. The fraction of sp³-hybridized carbons (Fsp3) is 0.100. The molecule has 4 rings (SSSR count). The highest BCUT2D eigenvalue weighted by atomic mass is 32.1. The molecule has 0 saturated carbocycles. The van der Waals surface area contributed by atoms with Gasteiger partial charge in [-0.2, -0.15) is 0 Å². The van der Waals surface area contributed by atoms with Crippen LogP contribution >= 0.6 is 11.3 Å². The number of nitrogens with one attached hydrogen (secondary N) is 2. The number of aromatic nitrogens is 2. The van der Waals surface area contributed by atoms with Gasteiger partial charge in [0.2, 0.25) is 0 Å². The largest absolute Gasteiger partial charge is 0.497 e. The van der Waals surface area contributed by atoms with Crippen molar-refractivity contribution in [1.29, 1.82) is 0 Å². The standard InChI is InChI=1S/C20H17N3O2S/c1-25-15-8-6-13(7-9-15)11-21-19(24)18-12-26-20(23-18)17-10-14-4-2-3-5-16(14)22-17/h2-10,12,22H,11H2,1H3,(H,21,24). The Labute approximate surface area is 154 Å². The van der Waals surface area contributed by atoms with Crippen LogP contribution in [0.15, 0.2) is 60.0 Å². The summed E-state index contributed by atoms with van der Waals surface area (Å²) >= 11 is 1.45. The van der Waals surface area contributed by atoms with E-state index in [0.717, 1.165) is 32.9 Å².